The first-order chi connectivity index (χ1) is 6.91. The summed E-state index contributed by atoms with van der Waals surface area (Å²) < 4.78 is 27.5. The molecule has 0 radical (unpaired) electrons. The molecule has 1 aromatic carbocycles. The number of nitrogens with one attached hydrogen (secondary N) is 1. The minimum absolute atomic E-state index is 0.0857. The minimum Gasteiger partial charge on any atom is -0.359 e. The van der Waals surface area contributed by atoms with E-state index in [4.69, 9.17) is 5.73 Å². The van der Waals surface area contributed by atoms with Gasteiger partial charge in [-0.15, -0.1) is 0 Å². The highest BCUT2D eigenvalue weighted by atomic mass is 19.1. The van der Waals surface area contributed by atoms with Crippen molar-refractivity contribution in [1.82, 2.24) is 4.98 Å². The molecule has 0 unspecified atom stereocenters. The molecule has 2 nitrogen and oxygen atoms in total. The monoisotopic (exact) mass is 210 g/mol. The summed E-state index contributed by atoms with van der Waals surface area (Å²) in [5, 5.41) is 0.512. The molecule has 0 saturated carbocycles. The van der Waals surface area contributed by atoms with E-state index in [9.17, 15) is 8.78 Å². The summed E-state index contributed by atoms with van der Waals surface area (Å²) in [7, 11) is 0. The zero-order valence-corrected chi connectivity index (χ0v) is 8.57. The lowest BCUT2D eigenvalue weighted by Crippen LogP contribution is -2.31. The largest absolute Gasteiger partial charge is 0.359 e. The van der Waals surface area contributed by atoms with E-state index in [2.05, 4.69) is 4.98 Å². The molecule has 15 heavy (non-hydrogen) atoms. The van der Waals surface area contributed by atoms with Crippen LogP contribution >= 0.6 is 0 Å². The molecular formula is C11H12F2N2. The van der Waals surface area contributed by atoms with Gasteiger partial charge in [-0.3, -0.25) is 0 Å². The molecule has 0 bridgehead atoms. The molecule has 0 atom stereocenters. The average Bonchev–Trinajstić information content (AvgIpc) is 2.48. The van der Waals surface area contributed by atoms with E-state index in [1.54, 1.807) is 26.1 Å². The van der Waals surface area contributed by atoms with Crippen molar-refractivity contribution in [3.63, 3.8) is 0 Å². The maximum absolute atomic E-state index is 13.9. The number of hydrogen-bond donors (Lipinski definition) is 2. The molecule has 0 amide bonds. The molecule has 4 heteroatoms. The highest BCUT2D eigenvalue weighted by Crippen LogP contribution is 2.29. The smallest absolute Gasteiger partial charge is 0.155 e. The molecule has 2 rings (SSSR count). The Morgan fingerprint density at radius 3 is 2.60 bits per heavy atom. The lowest BCUT2D eigenvalue weighted by Gasteiger charge is -2.20. The van der Waals surface area contributed by atoms with Crippen LogP contribution in [0.1, 0.15) is 19.4 Å². The van der Waals surface area contributed by atoms with Gasteiger partial charge in [-0.05, 0) is 26.0 Å². The molecule has 1 aromatic heterocycles. The molecule has 0 fully saturated rings. The molecule has 3 N–H and O–H groups in total. The third kappa shape index (κ3) is 1.51. The predicted octanol–water partition coefficient (Wildman–Crippen LogP) is 2.64. The molecule has 0 spiro atoms. The Hall–Kier alpha value is -1.42. The maximum Gasteiger partial charge on any atom is 0.155 e. The summed E-state index contributed by atoms with van der Waals surface area (Å²) in [4.78, 5) is 2.73. The average molecular weight is 210 g/mol. The van der Waals surface area contributed by atoms with Crippen LogP contribution in [0.4, 0.5) is 8.78 Å². The van der Waals surface area contributed by atoms with E-state index >= 15 is 0 Å². The van der Waals surface area contributed by atoms with Crippen molar-refractivity contribution in [2.75, 3.05) is 0 Å². The second kappa shape index (κ2) is 3.03. The standard InChI is InChI=1S/C11H12F2N2/c1-11(2,14)8-7(12)5-6-3-4-15-10(6)9(8)13/h3-5,15H,14H2,1-2H3. The summed E-state index contributed by atoms with van der Waals surface area (Å²) in [6.07, 6.45) is 1.57. The van der Waals surface area contributed by atoms with Crippen LogP contribution < -0.4 is 5.73 Å². The van der Waals surface area contributed by atoms with Gasteiger partial charge in [0.1, 0.15) is 5.82 Å². The highest BCUT2D eigenvalue weighted by molar-refractivity contribution is 5.81. The Morgan fingerprint density at radius 2 is 2.00 bits per heavy atom. The van der Waals surface area contributed by atoms with Crippen LogP contribution in [-0.4, -0.2) is 4.98 Å². The predicted molar refractivity (Wildman–Crippen MR) is 55.4 cm³/mol. The van der Waals surface area contributed by atoms with E-state index in [1.165, 1.54) is 6.07 Å². The second-order valence-corrected chi connectivity index (χ2v) is 4.21. The van der Waals surface area contributed by atoms with Gasteiger partial charge in [0.05, 0.1) is 5.52 Å². The van der Waals surface area contributed by atoms with Gasteiger partial charge in [0, 0.05) is 22.7 Å². The summed E-state index contributed by atoms with van der Waals surface area (Å²) in [6.45, 7) is 3.15. The van der Waals surface area contributed by atoms with Crippen LogP contribution in [-0.2, 0) is 5.54 Å². The normalized spacial score (nSPS) is 12.3. The summed E-state index contributed by atoms with van der Waals surface area (Å²) in [5.41, 5.74) is 4.90. The van der Waals surface area contributed by atoms with Crippen molar-refractivity contribution in [3.8, 4) is 0 Å². The molecule has 2 aromatic rings. The number of halogens is 2. The number of fused-ring (bicyclic) bond motifs is 1. The Bertz CT molecular complexity index is 509. The van der Waals surface area contributed by atoms with Crippen molar-refractivity contribution >= 4 is 10.9 Å². The Morgan fingerprint density at radius 1 is 1.33 bits per heavy atom. The zero-order valence-electron chi connectivity index (χ0n) is 8.57. The molecule has 0 aliphatic heterocycles. The number of benzene rings is 1. The number of H-pyrrole nitrogens is 1. The third-order valence-corrected chi connectivity index (χ3v) is 2.38. The van der Waals surface area contributed by atoms with E-state index in [-0.39, 0.29) is 5.56 Å². The summed E-state index contributed by atoms with van der Waals surface area (Å²) >= 11 is 0. The van der Waals surface area contributed by atoms with Crippen molar-refractivity contribution in [2.24, 2.45) is 5.73 Å². The fourth-order valence-electron chi connectivity index (χ4n) is 1.72. The topological polar surface area (TPSA) is 41.8 Å². The second-order valence-electron chi connectivity index (χ2n) is 4.21. The Kier molecular flexibility index (Phi) is 2.04. The van der Waals surface area contributed by atoms with Gasteiger partial charge >= 0.3 is 0 Å². The molecule has 0 saturated heterocycles. The van der Waals surface area contributed by atoms with Gasteiger partial charge in [-0.2, -0.15) is 0 Å². The Balaban J connectivity index is 2.84. The van der Waals surface area contributed by atoms with Gasteiger partial charge in [-0.25, -0.2) is 8.78 Å². The van der Waals surface area contributed by atoms with Gasteiger partial charge in [0.15, 0.2) is 5.82 Å². The third-order valence-electron chi connectivity index (χ3n) is 2.38. The van der Waals surface area contributed by atoms with Crippen molar-refractivity contribution in [1.29, 1.82) is 0 Å². The Labute approximate surface area is 86.1 Å². The summed E-state index contributed by atoms with van der Waals surface area (Å²) in [6, 6.07) is 2.91. The lowest BCUT2D eigenvalue weighted by atomic mass is 9.93. The fourth-order valence-corrected chi connectivity index (χ4v) is 1.72. The van der Waals surface area contributed by atoms with E-state index < -0.39 is 17.2 Å². The lowest BCUT2D eigenvalue weighted by molar-refractivity contribution is 0.463. The molecule has 80 valence electrons. The van der Waals surface area contributed by atoms with Crippen LogP contribution in [0.5, 0.6) is 0 Å². The van der Waals surface area contributed by atoms with Crippen LogP contribution in [0.25, 0.3) is 10.9 Å². The van der Waals surface area contributed by atoms with Crippen molar-refractivity contribution < 1.29 is 8.78 Å². The molecule has 1 heterocycles. The van der Waals surface area contributed by atoms with E-state index in [0.29, 0.717) is 10.9 Å². The number of aromatic amines is 1. The van der Waals surface area contributed by atoms with Crippen LogP contribution in [0.2, 0.25) is 0 Å². The highest BCUT2D eigenvalue weighted by Gasteiger charge is 2.25. The number of rotatable bonds is 1. The molecule has 0 aliphatic carbocycles. The van der Waals surface area contributed by atoms with Gasteiger partial charge in [0.2, 0.25) is 0 Å². The summed E-state index contributed by atoms with van der Waals surface area (Å²) in [5.74, 6) is -1.21. The quantitative estimate of drug-likeness (QED) is 0.746. The minimum atomic E-state index is -1.03. The fraction of sp³-hybridized carbons (Fsp3) is 0.273. The first-order valence-corrected chi connectivity index (χ1v) is 4.65. The van der Waals surface area contributed by atoms with E-state index in [0.717, 1.165) is 0 Å². The number of nitrogens with two attached hydrogens (primary N) is 1. The molecule has 0 aliphatic rings. The van der Waals surface area contributed by atoms with Gasteiger partial charge in [0.25, 0.3) is 0 Å². The number of aromatic nitrogens is 1. The maximum atomic E-state index is 13.9. The van der Waals surface area contributed by atoms with Crippen molar-refractivity contribution in [3.05, 3.63) is 35.5 Å². The van der Waals surface area contributed by atoms with E-state index in [1.807, 2.05) is 0 Å². The number of hydrogen-bond acceptors (Lipinski definition) is 1. The van der Waals surface area contributed by atoms with Gasteiger partial charge < -0.3 is 10.7 Å². The van der Waals surface area contributed by atoms with Crippen molar-refractivity contribution in [2.45, 2.75) is 19.4 Å². The zero-order chi connectivity index (χ0) is 11.2. The first-order valence-electron chi connectivity index (χ1n) is 4.65. The van der Waals surface area contributed by atoms with Crippen LogP contribution in [0, 0.1) is 11.6 Å². The van der Waals surface area contributed by atoms with Crippen LogP contribution in [0.3, 0.4) is 0 Å². The molecular weight excluding hydrogens is 198 g/mol. The van der Waals surface area contributed by atoms with Gasteiger partial charge in [-0.1, -0.05) is 0 Å². The first kappa shape index (κ1) is 10.1. The van der Waals surface area contributed by atoms with Crippen LogP contribution in [0.15, 0.2) is 18.3 Å². The SMILES string of the molecule is CC(C)(N)c1c(F)cc2cc[nH]c2c1F.